The Hall–Kier alpha value is -1.34. The van der Waals surface area contributed by atoms with E-state index in [9.17, 15) is 4.79 Å². The highest BCUT2D eigenvalue weighted by Gasteiger charge is 2.17. The average Bonchev–Trinajstić information content (AvgIpc) is 2.63. The first-order valence-corrected chi connectivity index (χ1v) is 4.64. The maximum atomic E-state index is 11.2. The van der Waals surface area contributed by atoms with E-state index in [4.69, 9.17) is 5.26 Å². The maximum Gasteiger partial charge on any atom is 0.339 e. The van der Waals surface area contributed by atoms with Gasteiger partial charge in [-0.1, -0.05) is 0 Å². The van der Waals surface area contributed by atoms with Crippen molar-refractivity contribution in [2.75, 3.05) is 7.11 Å². The zero-order chi connectivity index (χ0) is 9.84. The minimum absolute atomic E-state index is 0.255. The van der Waals surface area contributed by atoms with Crippen LogP contribution in [0.15, 0.2) is 11.4 Å². The molecule has 1 aromatic rings. The van der Waals surface area contributed by atoms with Crippen LogP contribution in [0.1, 0.15) is 28.1 Å². The number of carbonyl (C=O) groups excluding carboxylic acids is 1. The zero-order valence-corrected chi connectivity index (χ0v) is 8.22. The molecule has 0 radical (unpaired) electrons. The van der Waals surface area contributed by atoms with E-state index in [1.54, 1.807) is 18.4 Å². The van der Waals surface area contributed by atoms with Crippen LogP contribution in [0, 0.1) is 11.3 Å². The van der Waals surface area contributed by atoms with Crippen LogP contribution in [0.4, 0.5) is 0 Å². The van der Waals surface area contributed by atoms with Crippen molar-refractivity contribution in [2.45, 2.75) is 12.8 Å². The molecule has 1 unspecified atom stereocenters. The van der Waals surface area contributed by atoms with Crippen LogP contribution in [0.3, 0.4) is 0 Å². The summed E-state index contributed by atoms with van der Waals surface area (Å²) < 4.78 is 4.59. The van der Waals surface area contributed by atoms with Gasteiger partial charge in [0, 0.05) is 4.88 Å². The van der Waals surface area contributed by atoms with Gasteiger partial charge >= 0.3 is 5.97 Å². The van der Waals surface area contributed by atoms with Crippen molar-refractivity contribution in [3.63, 3.8) is 0 Å². The Morgan fingerprint density at radius 2 is 2.46 bits per heavy atom. The van der Waals surface area contributed by atoms with Gasteiger partial charge in [-0.3, -0.25) is 0 Å². The van der Waals surface area contributed by atoms with Crippen molar-refractivity contribution in [1.29, 1.82) is 5.26 Å². The fourth-order valence-corrected chi connectivity index (χ4v) is 1.88. The molecule has 3 nitrogen and oxygen atoms in total. The van der Waals surface area contributed by atoms with E-state index in [1.165, 1.54) is 18.4 Å². The van der Waals surface area contributed by atoms with E-state index in [1.807, 2.05) is 0 Å². The number of methoxy groups -OCH3 is 1. The Morgan fingerprint density at radius 1 is 1.77 bits per heavy atom. The molecule has 0 bridgehead atoms. The molecular formula is C9H9NO2S. The van der Waals surface area contributed by atoms with Crippen molar-refractivity contribution in [3.8, 4) is 6.07 Å². The van der Waals surface area contributed by atoms with Crippen LogP contribution in [0.5, 0.6) is 0 Å². The van der Waals surface area contributed by atoms with Gasteiger partial charge in [-0.15, -0.1) is 11.3 Å². The molecule has 0 aliphatic rings. The predicted octanol–water partition coefficient (Wildman–Crippen LogP) is 2.16. The van der Waals surface area contributed by atoms with Crippen molar-refractivity contribution in [3.05, 3.63) is 21.9 Å². The van der Waals surface area contributed by atoms with Crippen molar-refractivity contribution < 1.29 is 9.53 Å². The molecule has 1 rings (SSSR count). The monoisotopic (exact) mass is 195 g/mol. The normalized spacial score (nSPS) is 11.8. The van der Waals surface area contributed by atoms with Crippen LogP contribution in [0.25, 0.3) is 0 Å². The molecule has 0 amide bonds. The molecule has 0 N–H and O–H groups in total. The van der Waals surface area contributed by atoms with Gasteiger partial charge in [-0.25, -0.2) is 4.79 Å². The molecule has 0 aromatic carbocycles. The Bertz CT molecular complexity index is 351. The molecule has 0 aliphatic carbocycles. The largest absolute Gasteiger partial charge is 0.465 e. The number of carbonyl (C=O) groups is 1. The first-order valence-electron chi connectivity index (χ1n) is 3.76. The topological polar surface area (TPSA) is 50.1 Å². The molecule has 0 spiro atoms. The second-order valence-corrected chi connectivity index (χ2v) is 3.49. The van der Waals surface area contributed by atoms with Gasteiger partial charge < -0.3 is 4.74 Å². The highest BCUT2D eigenvalue weighted by molar-refractivity contribution is 7.10. The summed E-state index contributed by atoms with van der Waals surface area (Å²) in [5.74, 6) is -0.632. The Kier molecular flexibility index (Phi) is 3.04. The van der Waals surface area contributed by atoms with Gasteiger partial charge in [-0.2, -0.15) is 5.26 Å². The number of ether oxygens (including phenoxy) is 1. The Labute approximate surface area is 80.6 Å². The van der Waals surface area contributed by atoms with Crippen LogP contribution in [-0.2, 0) is 4.74 Å². The number of nitriles is 1. The quantitative estimate of drug-likeness (QED) is 0.679. The molecule has 0 saturated heterocycles. The van der Waals surface area contributed by atoms with Gasteiger partial charge in [0.15, 0.2) is 0 Å². The molecule has 13 heavy (non-hydrogen) atoms. The van der Waals surface area contributed by atoms with Crippen LogP contribution in [-0.4, -0.2) is 13.1 Å². The third kappa shape index (κ3) is 1.87. The summed E-state index contributed by atoms with van der Waals surface area (Å²) in [7, 11) is 1.33. The highest BCUT2D eigenvalue weighted by atomic mass is 32.1. The fourth-order valence-electron chi connectivity index (χ4n) is 0.994. The molecule has 1 aromatic heterocycles. The fraction of sp³-hybridized carbons (Fsp3) is 0.333. The van der Waals surface area contributed by atoms with E-state index in [0.29, 0.717) is 5.56 Å². The Morgan fingerprint density at radius 3 is 3.00 bits per heavy atom. The number of hydrogen-bond acceptors (Lipinski definition) is 4. The summed E-state index contributed by atoms with van der Waals surface area (Å²) >= 11 is 1.40. The van der Waals surface area contributed by atoms with Crippen LogP contribution < -0.4 is 0 Å². The number of rotatable bonds is 2. The summed E-state index contributed by atoms with van der Waals surface area (Å²) in [5, 5.41) is 10.5. The second-order valence-electron chi connectivity index (χ2n) is 2.54. The Balaban J connectivity index is 3.04. The number of thiophene rings is 1. The van der Waals surface area contributed by atoms with E-state index in [-0.39, 0.29) is 11.9 Å². The third-order valence-electron chi connectivity index (χ3n) is 1.69. The summed E-state index contributed by atoms with van der Waals surface area (Å²) in [5.41, 5.74) is 0.501. The standard InChI is InChI=1S/C9H9NO2S/c1-6(5-10)8-7(3-4-13-8)9(11)12-2/h3-4,6H,1-2H3. The first-order chi connectivity index (χ1) is 6.20. The molecule has 1 heterocycles. The molecule has 0 fully saturated rings. The van der Waals surface area contributed by atoms with Gasteiger partial charge in [0.1, 0.15) is 0 Å². The van der Waals surface area contributed by atoms with Gasteiger partial charge in [0.05, 0.1) is 24.7 Å². The van der Waals surface area contributed by atoms with Crippen LogP contribution in [0.2, 0.25) is 0 Å². The average molecular weight is 195 g/mol. The lowest BCUT2D eigenvalue weighted by atomic mass is 10.1. The molecule has 68 valence electrons. The summed E-state index contributed by atoms with van der Waals surface area (Å²) in [6.45, 7) is 1.76. The lowest BCUT2D eigenvalue weighted by Gasteiger charge is -2.02. The third-order valence-corrected chi connectivity index (χ3v) is 2.79. The van der Waals surface area contributed by atoms with Crippen LogP contribution >= 0.6 is 11.3 Å². The second kappa shape index (κ2) is 4.06. The lowest BCUT2D eigenvalue weighted by molar-refractivity contribution is 0.0600. The van der Waals surface area contributed by atoms with Gasteiger partial charge in [-0.05, 0) is 18.4 Å². The smallest absolute Gasteiger partial charge is 0.339 e. The van der Waals surface area contributed by atoms with Gasteiger partial charge in [0.2, 0.25) is 0 Å². The van der Waals surface area contributed by atoms with Gasteiger partial charge in [0.25, 0.3) is 0 Å². The van der Waals surface area contributed by atoms with Crippen molar-refractivity contribution >= 4 is 17.3 Å². The number of hydrogen-bond donors (Lipinski definition) is 0. The van der Waals surface area contributed by atoms with Crippen molar-refractivity contribution in [1.82, 2.24) is 0 Å². The number of nitrogens with zero attached hydrogens (tertiary/aromatic N) is 1. The molecule has 1 atom stereocenters. The van der Waals surface area contributed by atoms with E-state index >= 15 is 0 Å². The summed E-state index contributed by atoms with van der Waals surface area (Å²) in [6.07, 6.45) is 0. The lowest BCUT2D eigenvalue weighted by Crippen LogP contribution is -2.03. The van der Waals surface area contributed by atoms with E-state index < -0.39 is 0 Å². The minimum Gasteiger partial charge on any atom is -0.465 e. The van der Waals surface area contributed by atoms with Crippen molar-refractivity contribution in [2.24, 2.45) is 0 Å². The van der Waals surface area contributed by atoms with E-state index in [0.717, 1.165) is 4.88 Å². The summed E-state index contributed by atoms with van der Waals surface area (Å²) in [6, 6.07) is 3.77. The predicted molar refractivity (Wildman–Crippen MR) is 49.7 cm³/mol. The minimum atomic E-state index is -0.377. The first kappa shape index (κ1) is 9.75. The maximum absolute atomic E-state index is 11.2. The number of esters is 1. The SMILES string of the molecule is COC(=O)c1ccsc1C(C)C#N. The summed E-state index contributed by atoms with van der Waals surface area (Å²) in [4.78, 5) is 12.0. The zero-order valence-electron chi connectivity index (χ0n) is 7.40. The molecule has 4 heteroatoms. The molecular weight excluding hydrogens is 186 g/mol. The molecule has 0 aliphatic heterocycles. The van der Waals surface area contributed by atoms with E-state index in [2.05, 4.69) is 10.8 Å². The highest BCUT2D eigenvalue weighted by Crippen LogP contribution is 2.25. The molecule has 0 saturated carbocycles.